The number of aryl methyl sites for hydroxylation is 2. The van der Waals surface area contributed by atoms with E-state index in [1.54, 1.807) is 0 Å². The molecule has 0 bridgehead atoms. The summed E-state index contributed by atoms with van der Waals surface area (Å²) in [6.07, 6.45) is 4.14. The Kier molecular flexibility index (Phi) is 4.97. The first-order chi connectivity index (χ1) is 14.3. The maximum Gasteiger partial charge on any atom is 0.277 e. The van der Waals surface area contributed by atoms with Crippen LogP contribution in [-0.2, 0) is 12.8 Å². The number of aromatic nitrogens is 2. The summed E-state index contributed by atoms with van der Waals surface area (Å²) in [7, 11) is 0. The summed E-state index contributed by atoms with van der Waals surface area (Å²) in [6, 6.07) is 13.5. The number of rotatable bonds is 5. The lowest BCUT2D eigenvalue weighted by Gasteiger charge is -2.23. The minimum Gasteiger partial charge on any atom is -0.485 e. The molecule has 6 nitrogen and oxygen atoms in total. The Bertz CT molecular complexity index is 1050. The van der Waals surface area contributed by atoms with Gasteiger partial charge in [-0.2, -0.15) is 0 Å². The lowest BCUT2D eigenvalue weighted by Crippen LogP contribution is -2.21. The topological polar surface area (TPSA) is 74.5 Å². The van der Waals surface area contributed by atoms with Crippen molar-refractivity contribution in [3.63, 3.8) is 0 Å². The van der Waals surface area contributed by atoms with Gasteiger partial charge < -0.3 is 13.9 Å². The molecule has 148 valence electrons. The summed E-state index contributed by atoms with van der Waals surface area (Å²) in [5, 5.41) is 8.46. The van der Waals surface area contributed by atoms with Gasteiger partial charge >= 0.3 is 0 Å². The monoisotopic (exact) mass is 408 g/mol. The molecule has 1 aliphatic carbocycles. The standard InChI is InChI=1S/C22H20N2O4S/c25-17(16-10-9-14-5-1-2-6-15(14)11-16)13-29-22-24-23-21(28-22)20-12-26-18-7-3-4-8-19(18)27-20/h3-4,7-11,20H,1-2,5-6,12-13H2/t20-/m1/s1. The second-order valence-electron chi connectivity index (χ2n) is 7.17. The Morgan fingerprint density at radius 2 is 1.86 bits per heavy atom. The second kappa shape index (κ2) is 7.91. The highest BCUT2D eigenvalue weighted by Crippen LogP contribution is 2.36. The predicted molar refractivity (Wildman–Crippen MR) is 108 cm³/mol. The molecule has 0 fully saturated rings. The molecule has 2 aromatic carbocycles. The Hall–Kier alpha value is -2.80. The molecule has 3 aromatic rings. The first-order valence-electron chi connectivity index (χ1n) is 9.76. The fourth-order valence-electron chi connectivity index (χ4n) is 3.67. The van der Waals surface area contributed by atoms with Crippen LogP contribution in [0.4, 0.5) is 0 Å². The summed E-state index contributed by atoms with van der Waals surface area (Å²) in [5.74, 6) is 2.02. The fraction of sp³-hybridized carbons (Fsp3) is 0.318. The zero-order chi connectivity index (χ0) is 19.6. The van der Waals surface area contributed by atoms with Crippen molar-refractivity contribution < 1.29 is 18.7 Å². The maximum absolute atomic E-state index is 12.6. The number of benzene rings is 2. The number of hydrogen-bond acceptors (Lipinski definition) is 7. The van der Waals surface area contributed by atoms with E-state index in [1.165, 1.54) is 35.7 Å². The Morgan fingerprint density at radius 1 is 1.03 bits per heavy atom. The van der Waals surface area contributed by atoms with Gasteiger partial charge in [0, 0.05) is 5.56 Å². The number of fused-ring (bicyclic) bond motifs is 2. The van der Waals surface area contributed by atoms with Gasteiger partial charge in [-0.25, -0.2) is 0 Å². The maximum atomic E-state index is 12.6. The smallest absolute Gasteiger partial charge is 0.277 e. The van der Waals surface area contributed by atoms with Gasteiger partial charge in [-0.15, -0.1) is 10.2 Å². The first-order valence-corrected chi connectivity index (χ1v) is 10.7. The summed E-state index contributed by atoms with van der Waals surface area (Å²) in [5.41, 5.74) is 3.43. The average Bonchev–Trinajstić information content (AvgIpc) is 3.26. The molecule has 1 aromatic heterocycles. The van der Waals surface area contributed by atoms with Crippen molar-refractivity contribution in [2.24, 2.45) is 0 Å². The molecule has 0 spiro atoms. The molecule has 0 unspecified atom stereocenters. The molecule has 7 heteroatoms. The van der Waals surface area contributed by atoms with Crippen molar-refractivity contribution in [1.29, 1.82) is 0 Å². The van der Waals surface area contributed by atoms with E-state index in [0.29, 0.717) is 29.2 Å². The van der Waals surface area contributed by atoms with Crippen molar-refractivity contribution in [1.82, 2.24) is 10.2 Å². The third-order valence-electron chi connectivity index (χ3n) is 5.20. The Balaban J connectivity index is 1.21. The number of nitrogens with zero attached hydrogens (tertiary/aromatic N) is 2. The minimum atomic E-state index is -0.455. The number of thioether (sulfide) groups is 1. The highest BCUT2D eigenvalue weighted by Gasteiger charge is 2.27. The summed E-state index contributed by atoms with van der Waals surface area (Å²) < 4.78 is 17.3. The van der Waals surface area contributed by atoms with E-state index < -0.39 is 6.10 Å². The van der Waals surface area contributed by atoms with Crippen molar-refractivity contribution in [3.05, 3.63) is 65.0 Å². The number of ether oxygens (including phenoxy) is 2. The van der Waals surface area contributed by atoms with Crippen LogP contribution in [-0.4, -0.2) is 28.3 Å². The van der Waals surface area contributed by atoms with Gasteiger partial charge in [0.05, 0.1) is 5.75 Å². The van der Waals surface area contributed by atoms with Gasteiger partial charge in [-0.05, 0) is 55.0 Å². The largest absolute Gasteiger partial charge is 0.485 e. The van der Waals surface area contributed by atoms with Crippen LogP contribution in [0.15, 0.2) is 52.1 Å². The van der Waals surface area contributed by atoms with E-state index in [9.17, 15) is 4.79 Å². The molecule has 2 aliphatic rings. The lowest BCUT2D eigenvalue weighted by atomic mass is 9.90. The number of carbonyl (C=O) groups is 1. The van der Waals surface area contributed by atoms with E-state index in [1.807, 2.05) is 36.4 Å². The van der Waals surface area contributed by atoms with Crippen molar-refractivity contribution >= 4 is 17.5 Å². The average molecular weight is 408 g/mol. The summed E-state index contributed by atoms with van der Waals surface area (Å²) in [4.78, 5) is 12.6. The molecule has 2 heterocycles. The number of hydrogen-bond donors (Lipinski definition) is 0. The van der Waals surface area contributed by atoms with Crippen LogP contribution in [0.2, 0.25) is 0 Å². The quantitative estimate of drug-likeness (QED) is 0.456. The second-order valence-corrected chi connectivity index (χ2v) is 8.10. The Labute approximate surface area is 172 Å². The first kappa shape index (κ1) is 18.2. The number of para-hydroxylation sites is 2. The molecular weight excluding hydrogens is 388 g/mol. The molecule has 0 radical (unpaired) electrons. The van der Waals surface area contributed by atoms with Gasteiger partial charge in [-0.3, -0.25) is 4.79 Å². The van der Waals surface area contributed by atoms with Gasteiger partial charge in [0.2, 0.25) is 6.10 Å². The van der Waals surface area contributed by atoms with Crippen molar-refractivity contribution in [2.75, 3.05) is 12.4 Å². The molecule has 29 heavy (non-hydrogen) atoms. The van der Waals surface area contributed by atoms with Crippen LogP contribution in [0.25, 0.3) is 0 Å². The van der Waals surface area contributed by atoms with Crippen LogP contribution in [0.5, 0.6) is 11.5 Å². The number of carbonyl (C=O) groups excluding carboxylic acids is 1. The molecule has 0 saturated carbocycles. The van der Waals surface area contributed by atoms with E-state index >= 15 is 0 Å². The van der Waals surface area contributed by atoms with E-state index in [-0.39, 0.29) is 11.5 Å². The van der Waals surface area contributed by atoms with Crippen LogP contribution in [0.1, 0.15) is 46.3 Å². The highest BCUT2D eigenvalue weighted by molar-refractivity contribution is 7.99. The van der Waals surface area contributed by atoms with Crippen molar-refractivity contribution in [3.8, 4) is 11.5 Å². The number of Topliss-reactive ketones (excluding diaryl/α,β-unsaturated/α-hetero) is 1. The van der Waals surface area contributed by atoms with Gasteiger partial charge in [0.15, 0.2) is 17.3 Å². The zero-order valence-electron chi connectivity index (χ0n) is 15.8. The predicted octanol–water partition coefficient (Wildman–Crippen LogP) is 4.44. The van der Waals surface area contributed by atoms with Crippen LogP contribution < -0.4 is 9.47 Å². The molecule has 5 rings (SSSR count). The molecule has 0 N–H and O–H groups in total. The van der Waals surface area contributed by atoms with E-state index in [4.69, 9.17) is 13.9 Å². The third kappa shape index (κ3) is 3.87. The van der Waals surface area contributed by atoms with E-state index in [0.717, 1.165) is 18.4 Å². The molecular formula is C22H20N2O4S. The van der Waals surface area contributed by atoms with Gasteiger partial charge in [0.25, 0.3) is 11.1 Å². The summed E-state index contributed by atoms with van der Waals surface area (Å²) >= 11 is 1.25. The van der Waals surface area contributed by atoms with Gasteiger partial charge in [0.1, 0.15) is 6.61 Å². The Morgan fingerprint density at radius 3 is 2.76 bits per heavy atom. The molecule has 1 atom stereocenters. The molecule has 0 amide bonds. The minimum absolute atomic E-state index is 0.0642. The zero-order valence-corrected chi connectivity index (χ0v) is 16.6. The van der Waals surface area contributed by atoms with Crippen LogP contribution >= 0.6 is 11.8 Å². The summed E-state index contributed by atoms with van der Waals surface area (Å²) in [6.45, 7) is 0.303. The SMILES string of the molecule is O=C(CSc1nnc([C@H]2COc3ccccc3O2)o1)c1ccc2c(c1)CCCC2. The normalized spacial score (nSPS) is 17.6. The van der Waals surface area contributed by atoms with Crippen LogP contribution in [0.3, 0.4) is 0 Å². The van der Waals surface area contributed by atoms with Crippen molar-refractivity contribution in [2.45, 2.75) is 37.0 Å². The lowest BCUT2D eigenvalue weighted by molar-refractivity contribution is 0.0686. The van der Waals surface area contributed by atoms with Crippen LogP contribution in [0, 0.1) is 0 Å². The number of ketones is 1. The third-order valence-corrected chi connectivity index (χ3v) is 6.02. The van der Waals surface area contributed by atoms with Gasteiger partial charge in [-0.1, -0.05) is 36.0 Å². The highest BCUT2D eigenvalue weighted by atomic mass is 32.2. The van der Waals surface area contributed by atoms with E-state index in [2.05, 4.69) is 16.3 Å². The molecule has 1 aliphatic heterocycles. The fourth-order valence-corrected chi connectivity index (χ4v) is 4.33. The molecule has 0 saturated heterocycles.